The zero-order valence-electron chi connectivity index (χ0n) is 5.20. The molecule has 0 aliphatic heterocycles. The van der Waals surface area contributed by atoms with Crippen LogP contribution in [0, 0.1) is 0 Å². The summed E-state index contributed by atoms with van der Waals surface area (Å²) in [4.78, 5) is 0. The monoisotopic (exact) mass is 138 g/mol. The number of allylic oxidation sites excluding steroid dienone is 1. The van der Waals surface area contributed by atoms with Crippen LogP contribution in [0.15, 0.2) is 12.7 Å². The van der Waals surface area contributed by atoms with Crippen LogP contribution >= 0.6 is 0 Å². The molecule has 0 amide bonds. The summed E-state index contributed by atoms with van der Waals surface area (Å²) >= 11 is 0. The highest BCUT2D eigenvalue weighted by Gasteiger charge is 2.35. The van der Waals surface area contributed by atoms with Crippen molar-refractivity contribution in [3.05, 3.63) is 12.7 Å². The van der Waals surface area contributed by atoms with Crippen LogP contribution < -0.4 is 0 Å². The van der Waals surface area contributed by atoms with Crippen molar-refractivity contribution in [3.8, 4) is 0 Å². The number of alkyl halides is 3. The van der Waals surface area contributed by atoms with Gasteiger partial charge in [0.15, 0.2) is 6.17 Å². The maximum atomic E-state index is 12.1. The Kier molecular flexibility index (Phi) is 2.74. The van der Waals surface area contributed by atoms with Gasteiger partial charge in [0.05, 0.1) is 0 Å². The first-order valence-corrected chi connectivity index (χ1v) is 2.69. The van der Waals surface area contributed by atoms with E-state index in [0.29, 0.717) is 6.08 Å². The molecule has 3 heteroatoms. The average molecular weight is 138 g/mol. The standard InChI is InChI=1S/C6H9F3/c1-3-5(7)6(8,9)4-2/h3,5H,1,4H2,2H3. The van der Waals surface area contributed by atoms with Crippen LogP contribution in [-0.4, -0.2) is 12.1 Å². The van der Waals surface area contributed by atoms with Crippen molar-refractivity contribution < 1.29 is 13.2 Å². The summed E-state index contributed by atoms with van der Waals surface area (Å²) in [6.45, 7) is 4.15. The van der Waals surface area contributed by atoms with Gasteiger partial charge in [0.1, 0.15) is 0 Å². The molecule has 1 atom stereocenters. The minimum atomic E-state index is -3.23. The second-order valence-electron chi connectivity index (χ2n) is 1.75. The van der Waals surface area contributed by atoms with E-state index in [9.17, 15) is 13.2 Å². The summed E-state index contributed by atoms with van der Waals surface area (Å²) in [6.07, 6.45) is -2.08. The molecule has 0 fully saturated rings. The zero-order chi connectivity index (χ0) is 7.49. The lowest BCUT2D eigenvalue weighted by Crippen LogP contribution is -2.26. The van der Waals surface area contributed by atoms with E-state index in [-0.39, 0.29) is 0 Å². The van der Waals surface area contributed by atoms with E-state index in [2.05, 4.69) is 6.58 Å². The van der Waals surface area contributed by atoms with E-state index < -0.39 is 18.5 Å². The summed E-state index contributed by atoms with van der Waals surface area (Å²) in [5.41, 5.74) is 0. The number of halogens is 3. The van der Waals surface area contributed by atoms with Crippen molar-refractivity contribution in [3.63, 3.8) is 0 Å². The molecule has 0 aliphatic rings. The molecule has 0 spiro atoms. The highest BCUT2D eigenvalue weighted by atomic mass is 19.3. The molecule has 0 saturated carbocycles. The highest BCUT2D eigenvalue weighted by molar-refractivity contribution is 4.89. The van der Waals surface area contributed by atoms with E-state index in [4.69, 9.17) is 0 Å². The second-order valence-corrected chi connectivity index (χ2v) is 1.75. The predicted octanol–water partition coefficient (Wildman–Crippen LogP) is 2.56. The van der Waals surface area contributed by atoms with E-state index in [0.717, 1.165) is 0 Å². The molecule has 0 aliphatic carbocycles. The molecular formula is C6H9F3. The van der Waals surface area contributed by atoms with Crippen LogP contribution in [0.5, 0.6) is 0 Å². The third kappa shape index (κ3) is 2.08. The Labute approximate surface area is 52.4 Å². The van der Waals surface area contributed by atoms with Gasteiger partial charge in [0, 0.05) is 6.42 Å². The predicted molar refractivity (Wildman–Crippen MR) is 30.3 cm³/mol. The lowest BCUT2D eigenvalue weighted by molar-refractivity contribution is -0.0558. The molecule has 0 heterocycles. The molecule has 0 aromatic rings. The lowest BCUT2D eigenvalue weighted by Gasteiger charge is -2.14. The molecule has 1 unspecified atom stereocenters. The molecule has 0 aromatic heterocycles. The molecule has 0 radical (unpaired) electrons. The van der Waals surface area contributed by atoms with Gasteiger partial charge in [-0.1, -0.05) is 19.6 Å². The Balaban J connectivity index is 3.95. The van der Waals surface area contributed by atoms with Gasteiger partial charge in [-0.25, -0.2) is 13.2 Å². The van der Waals surface area contributed by atoms with Gasteiger partial charge < -0.3 is 0 Å². The van der Waals surface area contributed by atoms with Crippen molar-refractivity contribution in [2.24, 2.45) is 0 Å². The molecule has 0 bridgehead atoms. The van der Waals surface area contributed by atoms with Crippen LogP contribution in [0.2, 0.25) is 0 Å². The Bertz CT molecular complexity index is 98.5. The van der Waals surface area contributed by atoms with E-state index in [1.165, 1.54) is 6.92 Å². The maximum Gasteiger partial charge on any atom is 0.281 e. The van der Waals surface area contributed by atoms with Gasteiger partial charge >= 0.3 is 0 Å². The summed E-state index contributed by atoms with van der Waals surface area (Å²) in [5, 5.41) is 0. The Morgan fingerprint density at radius 2 is 2.11 bits per heavy atom. The first kappa shape index (κ1) is 8.53. The third-order valence-electron chi connectivity index (χ3n) is 1.08. The summed E-state index contributed by atoms with van der Waals surface area (Å²) in [5.74, 6) is -3.23. The van der Waals surface area contributed by atoms with Gasteiger partial charge in [0.25, 0.3) is 5.92 Å². The van der Waals surface area contributed by atoms with Crippen LogP contribution in [0.25, 0.3) is 0 Å². The molecule has 54 valence electrons. The molecule has 9 heavy (non-hydrogen) atoms. The zero-order valence-corrected chi connectivity index (χ0v) is 5.20. The second kappa shape index (κ2) is 2.90. The molecule has 0 nitrogen and oxygen atoms in total. The lowest BCUT2D eigenvalue weighted by atomic mass is 10.1. The fourth-order valence-corrected chi connectivity index (χ4v) is 0.367. The van der Waals surface area contributed by atoms with Crippen molar-refractivity contribution in [2.75, 3.05) is 0 Å². The Hall–Kier alpha value is -0.470. The summed E-state index contributed by atoms with van der Waals surface area (Å²) in [7, 11) is 0. The van der Waals surface area contributed by atoms with Crippen LogP contribution in [0.1, 0.15) is 13.3 Å². The van der Waals surface area contributed by atoms with Gasteiger partial charge in [-0.15, -0.1) is 0 Å². The van der Waals surface area contributed by atoms with Gasteiger partial charge in [0.2, 0.25) is 0 Å². The Morgan fingerprint density at radius 1 is 1.67 bits per heavy atom. The van der Waals surface area contributed by atoms with Crippen molar-refractivity contribution >= 4 is 0 Å². The minimum absolute atomic E-state index is 0.486. The maximum absolute atomic E-state index is 12.1. The van der Waals surface area contributed by atoms with Crippen LogP contribution in [-0.2, 0) is 0 Å². The minimum Gasteiger partial charge on any atom is -0.236 e. The number of rotatable bonds is 3. The van der Waals surface area contributed by atoms with E-state index in [1.807, 2.05) is 0 Å². The summed E-state index contributed by atoms with van der Waals surface area (Å²) < 4.78 is 36.2. The van der Waals surface area contributed by atoms with Crippen LogP contribution in [0.3, 0.4) is 0 Å². The molecule has 0 N–H and O–H groups in total. The number of hydrogen-bond acceptors (Lipinski definition) is 0. The van der Waals surface area contributed by atoms with Crippen LogP contribution in [0.4, 0.5) is 13.2 Å². The average Bonchev–Trinajstić information content (AvgIpc) is 1.86. The Morgan fingerprint density at radius 3 is 2.22 bits per heavy atom. The van der Waals surface area contributed by atoms with Gasteiger partial charge in [-0.2, -0.15) is 0 Å². The highest BCUT2D eigenvalue weighted by Crippen LogP contribution is 2.25. The molecule has 0 saturated heterocycles. The van der Waals surface area contributed by atoms with E-state index in [1.54, 1.807) is 0 Å². The van der Waals surface area contributed by atoms with Crippen molar-refractivity contribution in [1.29, 1.82) is 0 Å². The molecular weight excluding hydrogens is 129 g/mol. The number of hydrogen-bond donors (Lipinski definition) is 0. The van der Waals surface area contributed by atoms with E-state index >= 15 is 0 Å². The molecule has 0 aromatic carbocycles. The SMILES string of the molecule is C=CC(F)C(F)(F)CC. The smallest absolute Gasteiger partial charge is 0.236 e. The third-order valence-corrected chi connectivity index (χ3v) is 1.08. The van der Waals surface area contributed by atoms with Gasteiger partial charge in [-0.3, -0.25) is 0 Å². The molecule has 0 rings (SSSR count). The quantitative estimate of drug-likeness (QED) is 0.526. The largest absolute Gasteiger partial charge is 0.281 e. The topological polar surface area (TPSA) is 0 Å². The first-order chi connectivity index (χ1) is 4.04. The normalized spacial score (nSPS) is 15.1. The fraction of sp³-hybridized carbons (Fsp3) is 0.667. The van der Waals surface area contributed by atoms with Gasteiger partial charge in [-0.05, 0) is 0 Å². The summed E-state index contributed by atoms with van der Waals surface area (Å²) in [6, 6.07) is 0. The fourth-order valence-electron chi connectivity index (χ4n) is 0.367. The van der Waals surface area contributed by atoms with Crippen molar-refractivity contribution in [1.82, 2.24) is 0 Å². The van der Waals surface area contributed by atoms with Crippen molar-refractivity contribution in [2.45, 2.75) is 25.4 Å². The first-order valence-electron chi connectivity index (χ1n) is 2.69.